The van der Waals surface area contributed by atoms with Gasteiger partial charge in [-0.25, -0.2) is 8.42 Å². The first kappa shape index (κ1) is 20.7. The standard InChI is InChI=1S/C19H30N2O4S/c1-5-21(6-2)26(23,24)18-14-15(12-13-17(18)25-4)19(22)20(3)16-10-8-7-9-11-16/h12-14,16H,5-11H2,1-4H3. The molecule has 1 fully saturated rings. The van der Waals surface area contributed by atoms with E-state index in [4.69, 9.17) is 4.74 Å². The molecule has 0 saturated heterocycles. The van der Waals surface area contributed by atoms with E-state index in [2.05, 4.69) is 0 Å². The number of rotatable bonds is 7. The molecule has 0 atom stereocenters. The highest BCUT2D eigenvalue weighted by Gasteiger charge is 2.28. The predicted octanol–water partition coefficient (Wildman–Crippen LogP) is 3.13. The smallest absolute Gasteiger partial charge is 0.253 e. The summed E-state index contributed by atoms with van der Waals surface area (Å²) in [7, 11) is -0.470. The molecule has 26 heavy (non-hydrogen) atoms. The average molecular weight is 383 g/mol. The third kappa shape index (κ3) is 4.20. The molecular formula is C19H30N2O4S. The van der Waals surface area contributed by atoms with Crippen molar-refractivity contribution in [2.75, 3.05) is 27.2 Å². The second-order valence-electron chi connectivity index (χ2n) is 6.66. The number of ether oxygens (including phenoxy) is 1. The molecular weight excluding hydrogens is 352 g/mol. The summed E-state index contributed by atoms with van der Waals surface area (Å²) < 4.78 is 32.5. The Bertz CT molecular complexity index is 723. The molecule has 0 spiro atoms. The molecule has 0 unspecified atom stereocenters. The highest BCUT2D eigenvalue weighted by atomic mass is 32.2. The van der Waals surface area contributed by atoms with Gasteiger partial charge in [-0.3, -0.25) is 4.79 Å². The summed E-state index contributed by atoms with van der Waals surface area (Å²) in [5.74, 6) is 0.115. The Hall–Kier alpha value is -1.60. The number of hydrogen-bond acceptors (Lipinski definition) is 4. The van der Waals surface area contributed by atoms with E-state index in [0.29, 0.717) is 18.7 Å². The molecule has 0 aromatic heterocycles. The molecule has 7 heteroatoms. The van der Waals surface area contributed by atoms with E-state index in [-0.39, 0.29) is 22.6 Å². The third-order valence-corrected chi connectivity index (χ3v) is 7.25. The van der Waals surface area contributed by atoms with Crippen LogP contribution >= 0.6 is 0 Å². The SMILES string of the molecule is CCN(CC)S(=O)(=O)c1cc(C(=O)N(C)C2CCCCC2)ccc1OC. The summed E-state index contributed by atoms with van der Waals surface area (Å²) in [4.78, 5) is 14.7. The van der Waals surface area contributed by atoms with Crippen LogP contribution in [0.5, 0.6) is 5.75 Å². The van der Waals surface area contributed by atoms with Crippen molar-refractivity contribution in [3.63, 3.8) is 0 Å². The lowest BCUT2D eigenvalue weighted by atomic mass is 9.94. The first-order valence-electron chi connectivity index (χ1n) is 9.32. The molecule has 1 aliphatic rings. The Morgan fingerprint density at radius 1 is 1.15 bits per heavy atom. The van der Waals surface area contributed by atoms with Crippen LogP contribution in [0.1, 0.15) is 56.3 Å². The van der Waals surface area contributed by atoms with Crippen LogP contribution in [0, 0.1) is 0 Å². The molecule has 1 aromatic rings. The zero-order valence-electron chi connectivity index (χ0n) is 16.2. The van der Waals surface area contributed by atoms with E-state index in [9.17, 15) is 13.2 Å². The summed E-state index contributed by atoms with van der Waals surface area (Å²) in [5, 5.41) is 0. The van der Waals surface area contributed by atoms with Gasteiger partial charge in [-0.1, -0.05) is 33.1 Å². The third-order valence-electron chi connectivity index (χ3n) is 5.18. The van der Waals surface area contributed by atoms with Gasteiger partial charge in [0, 0.05) is 31.7 Å². The number of carbonyl (C=O) groups is 1. The van der Waals surface area contributed by atoms with E-state index in [1.807, 2.05) is 0 Å². The lowest BCUT2D eigenvalue weighted by Gasteiger charge is -2.31. The van der Waals surface area contributed by atoms with Gasteiger partial charge in [-0.15, -0.1) is 0 Å². The second kappa shape index (κ2) is 8.86. The van der Waals surface area contributed by atoms with Crippen molar-refractivity contribution in [2.24, 2.45) is 0 Å². The van der Waals surface area contributed by atoms with Crippen molar-refractivity contribution in [3.05, 3.63) is 23.8 Å². The van der Waals surface area contributed by atoms with Crippen LogP contribution in [0.3, 0.4) is 0 Å². The molecule has 6 nitrogen and oxygen atoms in total. The van der Waals surface area contributed by atoms with E-state index < -0.39 is 10.0 Å². The van der Waals surface area contributed by atoms with Gasteiger partial charge in [-0.05, 0) is 31.0 Å². The molecule has 146 valence electrons. The summed E-state index contributed by atoms with van der Waals surface area (Å²) in [6, 6.07) is 4.88. The highest BCUT2D eigenvalue weighted by molar-refractivity contribution is 7.89. The summed E-state index contributed by atoms with van der Waals surface area (Å²) >= 11 is 0. The number of sulfonamides is 1. The topological polar surface area (TPSA) is 66.9 Å². The summed E-state index contributed by atoms with van der Waals surface area (Å²) in [6.45, 7) is 4.31. The second-order valence-corrected chi connectivity index (χ2v) is 8.57. The zero-order chi connectivity index (χ0) is 19.3. The van der Waals surface area contributed by atoms with E-state index >= 15 is 0 Å². The largest absolute Gasteiger partial charge is 0.495 e. The number of benzene rings is 1. The molecule has 1 aliphatic carbocycles. The lowest BCUT2D eigenvalue weighted by molar-refractivity contribution is 0.0696. The predicted molar refractivity (Wildman–Crippen MR) is 102 cm³/mol. The summed E-state index contributed by atoms with van der Waals surface area (Å²) in [6.07, 6.45) is 5.48. The van der Waals surface area contributed by atoms with Crippen LogP contribution < -0.4 is 4.74 Å². The quantitative estimate of drug-likeness (QED) is 0.727. The first-order chi connectivity index (χ1) is 12.4. The normalized spacial score (nSPS) is 15.9. The van der Waals surface area contributed by atoms with Gasteiger partial charge in [0.15, 0.2) is 0 Å². The molecule has 0 aliphatic heterocycles. The lowest BCUT2D eigenvalue weighted by Crippen LogP contribution is -2.38. The van der Waals surface area contributed by atoms with Gasteiger partial charge in [-0.2, -0.15) is 4.31 Å². The van der Waals surface area contributed by atoms with Crippen molar-refractivity contribution in [3.8, 4) is 5.75 Å². The average Bonchev–Trinajstić information content (AvgIpc) is 2.67. The Balaban J connectivity index is 2.38. The van der Waals surface area contributed by atoms with E-state index in [0.717, 1.165) is 25.7 Å². The minimum absolute atomic E-state index is 0.0478. The summed E-state index contributed by atoms with van der Waals surface area (Å²) in [5.41, 5.74) is 0.379. The fourth-order valence-electron chi connectivity index (χ4n) is 3.55. The number of methoxy groups -OCH3 is 1. The number of hydrogen-bond donors (Lipinski definition) is 0. The van der Waals surface area contributed by atoms with Crippen LogP contribution in [0.2, 0.25) is 0 Å². The number of nitrogens with zero attached hydrogens (tertiary/aromatic N) is 2. The van der Waals surface area contributed by atoms with Gasteiger partial charge >= 0.3 is 0 Å². The van der Waals surface area contributed by atoms with Crippen molar-refractivity contribution in [1.29, 1.82) is 0 Å². The van der Waals surface area contributed by atoms with Crippen LogP contribution in [-0.2, 0) is 10.0 Å². The molecule has 1 amide bonds. The molecule has 1 aromatic carbocycles. The van der Waals surface area contributed by atoms with Gasteiger partial charge in [0.1, 0.15) is 10.6 Å². The molecule has 0 heterocycles. The Kier molecular flexibility index (Phi) is 7.06. The van der Waals surface area contributed by atoms with Crippen molar-refractivity contribution >= 4 is 15.9 Å². The van der Waals surface area contributed by atoms with Gasteiger partial charge in [0.05, 0.1) is 7.11 Å². The first-order valence-corrected chi connectivity index (χ1v) is 10.8. The molecule has 0 N–H and O–H groups in total. The molecule has 0 bridgehead atoms. The Morgan fingerprint density at radius 3 is 2.31 bits per heavy atom. The van der Waals surface area contributed by atoms with Crippen LogP contribution in [-0.4, -0.2) is 56.8 Å². The maximum Gasteiger partial charge on any atom is 0.253 e. The maximum atomic E-state index is 12.9. The minimum atomic E-state index is -3.71. The van der Waals surface area contributed by atoms with Crippen LogP contribution in [0.4, 0.5) is 0 Å². The Morgan fingerprint density at radius 2 is 1.77 bits per heavy atom. The maximum absolute atomic E-state index is 12.9. The van der Waals surface area contributed by atoms with Gasteiger partial charge < -0.3 is 9.64 Å². The fraction of sp³-hybridized carbons (Fsp3) is 0.632. The zero-order valence-corrected chi connectivity index (χ0v) is 17.0. The van der Waals surface area contributed by atoms with Crippen molar-refractivity contribution in [1.82, 2.24) is 9.21 Å². The minimum Gasteiger partial charge on any atom is -0.495 e. The van der Waals surface area contributed by atoms with Crippen LogP contribution in [0.15, 0.2) is 23.1 Å². The van der Waals surface area contributed by atoms with Gasteiger partial charge in [0.25, 0.3) is 5.91 Å². The Labute approximate surface area is 157 Å². The molecule has 0 radical (unpaired) electrons. The molecule has 1 saturated carbocycles. The van der Waals surface area contributed by atoms with Crippen LogP contribution in [0.25, 0.3) is 0 Å². The van der Waals surface area contributed by atoms with E-state index in [1.54, 1.807) is 37.9 Å². The van der Waals surface area contributed by atoms with Crippen molar-refractivity contribution in [2.45, 2.75) is 56.9 Å². The monoisotopic (exact) mass is 382 g/mol. The highest BCUT2D eigenvalue weighted by Crippen LogP contribution is 2.29. The molecule has 2 rings (SSSR count). The van der Waals surface area contributed by atoms with Gasteiger partial charge in [0.2, 0.25) is 10.0 Å². The fourth-order valence-corrected chi connectivity index (χ4v) is 5.19. The van der Waals surface area contributed by atoms with Crippen molar-refractivity contribution < 1.29 is 17.9 Å². The number of amides is 1. The van der Waals surface area contributed by atoms with E-state index in [1.165, 1.54) is 23.9 Å². The number of carbonyl (C=O) groups excluding carboxylic acids is 1.